The van der Waals surface area contributed by atoms with Gasteiger partial charge in [-0.1, -0.05) is 5.16 Å². The minimum Gasteiger partial charge on any atom is -0.381 e. The molecule has 0 spiro atoms. The summed E-state index contributed by atoms with van der Waals surface area (Å²) in [6, 6.07) is 1.84. The molecule has 4 rings (SSSR count). The summed E-state index contributed by atoms with van der Waals surface area (Å²) in [7, 11) is 1.81. The normalized spacial score (nSPS) is 19.8. The number of piperidine rings is 1. The maximum absolute atomic E-state index is 12.7. The van der Waals surface area contributed by atoms with Crippen LogP contribution in [0.3, 0.4) is 0 Å². The Labute approximate surface area is 152 Å². The molecule has 2 aliphatic heterocycles. The van der Waals surface area contributed by atoms with Gasteiger partial charge in [0.25, 0.3) is 5.91 Å². The van der Waals surface area contributed by atoms with E-state index in [0.29, 0.717) is 24.7 Å². The van der Waals surface area contributed by atoms with Crippen molar-refractivity contribution in [3.63, 3.8) is 0 Å². The molecule has 0 bridgehead atoms. The third-order valence-electron chi connectivity index (χ3n) is 5.40. The Morgan fingerprint density at radius 2 is 1.88 bits per heavy atom. The number of rotatable bonds is 3. The highest BCUT2D eigenvalue weighted by Crippen LogP contribution is 2.30. The summed E-state index contributed by atoms with van der Waals surface area (Å²) in [6.45, 7) is 4.82. The Bertz CT molecular complexity index is 770. The number of carbonyl (C=O) groups excluding carboxylic acids is 1. The van der Waals surface area contributed by atoms with E-state index in [1.54, 1.807) is 4.68 Å². The second-order valence-corrected chi connectivity index (χ2v) is 7.24. The summed E-state index contributed by atoms with van der Waals surface area (Å²) >= 11 is 0. The SMILES string of the molecule is Cc1cc(C(=O)N2CCC(c3nc(C4CCOCC4)no3)CC2)n(C)n1. The van der Waals surface area contributed by atoms with Gasteiger partial charge in [0.05, 0.1) is 5.69 Å². The zero-order valence-corrected chi connectivity index (χ0v) is 15.3. The van der Waals surface area contributed by atoms with E-state index in [9.17, 15) is 4.79 Å². The van der Waals surface area contributed by atoms with Gasteiger partial charge in [-0.2, -0.15) is 10.1 Å². The zero-order valence-electron chi connectivity index (χ0n) is 15.3. The molecule has 0 aromatic carbocycles. The number of hydrogen-bond donors (Lipinski definition) is 0. The van der Waals surface area contributed by atoms with Gasteiger partial charge in [-0.15, -0.1) is 0 Å². The van der Waals surface area contributed by atoms with Crippen LogP contribution in [-0.2, 0) is 11.8 Å². The van der Waals surface area contributed by atoms with E-state index in [0.717, 1.165) is 56.3 Å². The summed E-state index contributed by atoms with van der Waals surface area (Å²) < 4.78 is 12.6. The lowest BCUT2D eigenvalue weighted by molar-refractivity contribution is 0.0693. The van der Waals surface area contributed by atoms with Gasteiger partial charge < -0.3 is 14.2 Å². The smallest absolute Gasteiger partial charge is 0.272 e. The topological polar surface area (TPSA) is 86.3 Å². The predicted molar refractivity (Wildman–Crippen MR) is 92.9 cm³/mol. The van der Waals surface area contributed by atoms with Crippen LogP contribution in [0.25, 0.3) is 0 Å². The summed E-state index contributed by atoms with van der Waals surface area (Å²) in [5.74, 6) is 2.14. The number of carbonyl (C=O) groups is 1. The van der Waals surface area contributed by atoms with Gasteiger partial charge in [0.1, 0.15) is 5.69 Å². The van der Waals surface area contributed by atoms with Crippen LogP contribution < -0.4 is 0 Å². The lowest BCUT2D eigenvalue weighted by Gasteiger charge is -2.30. The molecule has 26 heavy (non-hydrogen) atoms. The van der Waals surface area contributed by atoms with Crippen molar-refractivity contribution < 1.29 is 14.1 Å². The van der Waals surface area contributed by atoms with Crippen molar-refractivity contribution in [2.75, 3.05) is 26.3 Å². The van der Waals surface area contributed by atoms with Crippen LogP contribution in [-0.4, -0.2) is 57.0 Å². The fourth-order valence-corrected chi connectivity index (χ4v) is 3.84. The van der Waals surface area contributed by atoms with Crippen LogP contribution >= 0.6 is 0 Å². The second-order valence-electron chi connectivity index (χ2n) is 7.24. The maximum Gasteiger partial charge on any atom is 0.272 e. The van der Waals surface area contributed by atoms with E-state index in [-0.39, 0.29) is 11.8 Å². The van der Waals surface area contributed by atoms with Crippen molar-refractivity contribution in [3.05, 3.63) is 29.2 Å². The molecule has 2 fully saturated rings. The Hall–Kier alpha value is -2.22. The molecule has 2 aromatic rings. The fraction of sp³-hybridized carbons (Fsp3) is 0.667. The van der Waals surface area contributed by atoms with Crippen LogP contribution in [0.1, 0.15) is 65.4 Å². The molecule has 0 unspecified atom stereocenters. The molecule has 4 heterocycles. The van der Waals surface area contributed by atoms with Crippen molar-refractivity contribution in [3.8, 4) is 0 Å². The third-order valence-corrected chi connectivity index (χ3v) is 5.40. The van der Waals surface area contributed by atoms with Crippen molar-refractivity contribution in [1.82, 2.24) is 24.8 Å². The predicted octanol–water partition coefficient (Wildman–Crippen LogP) is 2.03. The monoisotopic (exact) mass is 359 g/mol. The van der Waals surface area contributed by atoms with E-state index in [2.05, 4.69) is 15.2 Å². The molecule has 2 aliphatic rings. The minimum absolute atomic E-state index is 0.0416. The van der Waals surface area contributed by atoms with E-state index in [1.165, 1.54) is 0 Å². The van der Waals surface area contributed by atoms with Crippen LogP contribution in [0, 0.1) is 6.92 Å². The summed E-state index contributed by atoms with van der Waals surface area (Å²) in [5.41, 5.74) is 1.50. The van der Waals surface area contributed by atoms with Gasteiger partial charge in [-0.05, 0) is 38.7 Å². The van der Waals surface area contributed by atoms with Gasteiger partial charge in [0.15, 0.2) is 5.82 Å². The lowest BCUT2D eigenvalue weighted by atomic mass is 9.96. The van der Waals surface area contributed by atoms with Gasteiger partial charge >= 0.3 is 0 Å². The lowest BCUT2D eigenvalue weighted by Crippen LogP contribution is -2.38. The van der Waals surface area contributed by atoms with E-state index in [4.69, 9.17) is 9.26 Å². The number of hydrogen-bond acceptors (Lipinski definition) is 6. The van der Waals surface area contributed by atoms with Crippen LogP contribution in [0.2, 0.25) is 0 Å². The van der Waals surface area contributed by atoms with Crippen molar-refractivity contribution in [2.24, 2.45) is 7.05 Å². The highest BCUT2D eigenvalue weighted by molar-refractivity contribution is 5.92. The first-order valence-electron chi connectivity index (χ1n) is 9.33. The number of nitrogens with zero attached hydrogens (tertiary/aromatic N) is 5. The molecule has 2 aromatic heterocycles. The Kier molecular flexibility index (Phi) is 4.76. The van der Waals surface area contributed by atoms with Crippen LogP contribution in [0.5, 0.6) is 0 Å². The van der Waals surface area contributed by atoms with Crippen molar-refractivity contribution in [1.29, 1.82) is 0 Å². The first-order chi connectivity index (χ1) is 12.6. The number of aryl methyl sites for hydroxylation is 2. The number of amides is 1. The van der Waals surface area contributed by atoms with E-state index in [1.807, 2.05) is 24.9 Å². The molecular formula is C18H25N5O3. The molecule has 2 saturated heterocycles. The summed E-state index contributed by atoms with van der Waals surface area (Å²) in [5, 5.41) is 8.46. The summed E-state index contributed by atoms with van der Waals surface area (Å²) in [4.78, 5) is 19.2. The molecule has 0 N–H and O–H groups in total. The summed E-state index contributed by atoms with van der Waals surface area (Å²) in [6.07, 6.45) is 3.60. The maximum atomic E-state index is 12.7. The van der Waals surface area contributed by atoms with E-state index < -0.39 is 0 Å². The van der Waals surface area contributed by atoms with Crippen LogP contribution in [0.15, 0.2) is 10.6 Å². The zero-order chi connectivity index (χ0) is 18.1. The number of aromatic nitrogens is 4. The Morgan fingerprint density at radius 1 is 1.15 bits per heavy atom. The molecule has 140 valence electrons. The largest absolute Gasteiger partial charge is 0.381 e. The molecule has 0 aliphatic carbocycles. The average molecular weight is 359 g/mol. The standard InChI is InChI=1S/C18H25N5O3/c1-12-11-15(22(2)20-12)18(24)23-7-3-14(4-8-23)17-19-16(21-26-17)13-5-9-25-10-6-13/h11,13-14H,3-10H2,1-2H3. The quantitative estimate of drug-likeness (QED) is 0.833. The molecular weight excluding hydrogens is 334 g/mol. The molecule has 1 amide bonds. The first kappa shape index (κ1) is 17.2. The van der Waals surface area contributed by atoms with Gasteiger partial charge in [-0.25, -0.2) is 0 Å². The van der Waals surface area contributed by atoms with Gasteiger partial charge in [-0.3, -0.25) is 9.48 Å². The fourth-order valence-electron chi connectivity index (χ4n) is 3.84. The van der Waals surface area contributed by atoms with Gasteiger partial charge in [0.2, 0.25) is 5.89 Å². The molecule has 8 nitrogen and oxygen atoms in total. The second kappa shape index (κ2) is 7.19. The first-order valence-corrected chi connectivity index (χ1v) is 9.33. The average Bonchev–Trinajstić information content (AvgIpc) is 3.29. The van der Waals surface area contributed by atoms with Gasteiger partial charge in [0, 0.05) is 45.2 Å². The van der Waals surface area contributed by atoms with Crippen LogP contribution in [0.4, 0.5) is 0 Å². The Balaban J connectivity index is 1.37. The third kappa shape index (κ3) is 3.38. The minimum atomic E-state index is 0.0416. The van der Waals surface area contributed by atoms with Crippen molar-refractivity contribution in [2.45, 2.75) is 44.4 Å². The molecule has 0 radical (unpaired) electrons. The van der Waals surface area contributed by atoms with E-state index >= 15 is 0 Å². The number of ether oxygens (including phenoxy) is 1. The Morgan fingerprint density at radius 3 is 2.54 bits per heavy atom. The molecule has 0 saturated carbocycles. The van der Waals surface area contributed by atoms with Crippen molar-refractivity contribution >= 4 is 5.91 Å². The highest BCUT2D eigenvalue weighted by Gasteiger charge is 2.30. The highest BCUT2D eigenvalue weighted by atomic mass is 16.5. The molecule has 0 atom stereocenters. The number of likely N-dealkylation sites (tertiary alicyclic amines) is 1. The molecule has 8 heteroatoms.